The van der Waals surface area contributed by atoms with E-state index in [0.29, 0.717) is 23.1 Å². The van der Waals surface area contributed by atoms with E-state index in [9.17, 15) is 4.79 Å². The number of halogens is 3. The molecule has 0 spiro atoms. The van der Waals surface area contributed by atoms with Crippen LogP contribution < -0.4 is 5.32 Å². The van der Waals surface area contributed by atoms with Crippen molar-refractivity contribution >= 4 is 83.8 Å². The quantitative estimate of drug-likeness (QED) is 0.169. The summed E-state index contributed by atoms with van der Waals surface area (Å²) in [6, 6.07) is 17.6. The molecule has 0 radical (unpaired) electrons. The monoisotopic (exact) mass is 700 g/mol. The fourth-order valence-electron chi connectivity index (χ4n) is 3.26. The summed E-state index contributed by atoms with van der Waals surface area (Å²) in [5.41, 5.74) is 4.96. The lowest BCUT2D eigenvalue weighted by atomic mass is 9.98. The van der Waals surface area contributed by atoms with Gasteiger partial charge in [-0.2, -0.15) is 0 Å². The molecule has 1 unspecified atom stereocenters. The molecule has 0 bridgehead atoms. The smallest absolute Gasteiger partial charge is 0.256 e. The minimum atomic E-state index is -0.170. The second-order valence-electron chi connectivity index (χ2n) is 7.34. The first-order valence-corrected chi connectivity index (χ1v) is 12.8. The number of amides is 1. The van der Waals surface area contributed by atoms with E-state index < -0.39 is 0 Å². The number of anilines is 1. The Balaban J connectivity index is 1.62. The van der Waals surface area contributed by atoms with Gasteiger partial charge in [-0.1, -0.05) is 26.0 Å². The Labute approximate surface area is 216 Å². The van der Waals surface area contributed by atoms with Crippen LogP contribution in [-0.2, 0) is 0 Å². The number of carbonyl (C=O) groups excluding carboxylic acids is 1. The van der Waals surface area contributed by atoms with Crippen LogP contribution in [0.25, 0.3) is 22.6 Å². The van der Waals surface area contributed by atoms with E-state index in [1.54, 1.807) is 0 Å². The number of hydrogen-bond acceptors (Lipinski definition) is 3. The average molecular weight is 701 g/mol. The van der Waals surface area contributed by atoms with E-state index in [0.717, 1.165) is 34.7 Å². The van der Waals surface area contributed by atoms with E-state index in [1.165, 1.54) is 5.56 Å². The Morgan fingerprint density at radius 3 is 2.74 bits per heavy atom. The zero-order chi connectivity index (χ0) is 22.1. The summed E-state index contributed by atoms with van der Waals surface area (Å²) in [4.78, 5) is 17.6. The number of rotatable bonds is 5. The van der Waals surface area contributed by atoms with E-state index >= 15 is 0 Å². The van der Waals surface area contributed by atoms with E-state index in [4.69, 9.17) is 4.42 Å². The van der Waals surface area contributed by atoms with Gasteiger partial charge >= 0.3 is 0 Å². The van der Waals surface area contributed by atoms with Crippen LogP contribution in [0.2, 0.25) is 0 Å². The van der Waals surface area contributed by atoms with Crippen LogP contribution in [-0.4, -0.2) is 10.9 Å². The first-order chi connectivity index (χ1) is 14.9. The maximum Gasteiger partial charge on any atom is 0.256 e. The average Bonchev–Trinajstić information content (AvgIpc) is 3.19. The molecule has 4 rings (SSSR count). The Hall–Kier alpha value is -1.46. The summed E-state index contributed by atoms with van der Waals surface area (Å²) < 4.78 is 8.77. The van der Waals surface area contributed by atoms with Crippen LogP contribution in [0.1, 0.15) is 42.1 Å². The van der Waals surface area contributed by atoms with Crippen molar-refractivity contribution in [2.45, 2.75) is 26.2 Å². The van der Waals surface area contributed by atoms with Crippen LogP contribution in [0.3, 0.4) is 0 Å². The Bertz CT molecular complexity index is 1290. The van der Waals surface area contributed by atoms with Crippen molar-refractivity contribution in [2.24, 2.45) is 0 Å². The van der Waals surface area contributed by atoms with Gasteiger partial charge < -0.3 is 9.73 Å². The molecule has 3 aromatic carbocycles. The fraction of sp³-hybridized carbons (Fsp3) is 0.167. The van der Waals surface area contributed by atoms with E-state index in [1.807, 2.05) is 42.5 Å². The SMILES string of the molecule is CCC(C)c1ccc2oc(-c3cccc(NC(=O)c4cc(I)cc(I)c4Br)c3)nc2c1. The van der Waals surface area contributed by atoms with Crippen LogP contribution in [0.5, 0.6) is 0 Å². The third-order valence-electron chi connectivity index (χ3n) is 5.20. The lowest BCUT2D eigenvalue weighted by Gasteiger charge is -2.09. The topological polar surface area (TPSA) is 55.1 Å². The molecule has 0 saturated carbocycles. The minimum absolute atomic E-state index is 0.170. The second kappa shape index (κ2) is 9.58. The molecule has 0 saturated heterocycles. The first-order valence-electron chi connectivity index (χ1n) is 9.82. The molecule has 158 valence electrons. The summed E-state index contributed by atoms with van der Waals surface area (Å²) in [6.07, 6.45) is 1.08. The standard InChI is InChI=1S/C24H19BrI2N2O2/c1-3-13(2)14-7-8-21-20(10-14)29-24(31-21)15-5-4-6-17(9-15)28-23(30)18-11-16(26)12-19(27)22(18)25/h4-13H,3H2,1-2H3,(H,28,30). The van der Waals surface area contributed by atoms with Crippen molar-refractivity contribution in [1.29, 1.82) is 0 Å². The molecule has 4 aromatic rings. The van der Waals surface area contributed by atoms with Gasteiger partial charge in [-0.05, 0) is 121 Å². The Morgan fingerprint density at radius 2 is 1.97 bits per heavy atom. The lowest BCUT2D eigenvalue weighted by molar-refractivity contribution is 0.102. The lowest BCUT2D eigenvalue weighted by Crippen LogP contribution is -2.13. The van der Waals surface area contributed by atoms with Gasteiger partial charge in [0.25, 0.3) is 5.91 Å². The van der Waals surface area contributed by atoms with Crippen LogP contribution >= 0.6 is 61.1 Å². The molecule has 1 amide bonds. The van der Waals surface area contributed by atoms with Crippen molar-refractivity contribution in [2.75, 3.05) is 5.32 Å². The number of carbonyl (C=O) groups is 1. The van der Waals surface area contributed by atoms with Gasteiger partial charge in [0.2, 0.25) is 5.89 Å². The van der Waals surface area contributed by atoms with Crippen LogP contribution in [0.4, 0.5) is 5.69 Å². The fourth-order valence-corrected chi connectivity index (χ4v) is 5.51. The predicted molar refractivity (Wildman–Crippen MR) is 146 cm³/mol. The molecule has 4 nitrogen and oxygen atoms in total. The molecule has 31 heavy (non-hydrogen) atoms. The third-order valence-corrected chi connectivity index (χ3v) is 8.27. The zero-order valence-electron chi connectivity index (χ0n) is 16.9. The van der Waals surface area contributed by atoms with Gasteiger partial charge in [0.1, 0.15) is 5.52 Å². The van der Waals surface area contributed by atoms with E-state index in [2.05, 4.69) is 97.4 Å². The van der Waals surface area contributed by atoms with Crippen molar-refractivity contribution in [3.05, 3.63) is 77.3 Å². The molecule has 7 heteroatoms. The molecule has 0 fully saturated rings. The van der Waals surface area contributed by atoms with Gasteiger partial charge in [-0.25, -0.2) is 4.98 Å². The number of nitrogens with one attached hydrogen (secondary N) is 1. The minimum Gasteiger partial charge on any atom is -0.436 e. The molecule has 1 aromatic heterocycles. The Kier molecular flexibility index (Phi) is 7.02. The molecule has 0 aliphatic carbocycles. The molecule has 1 atom stereocenters. The zero-order valence-corrected chi connectivity index (χ0v) is 22.8. The van der Waals surface area contributed by atoms with Gasteiger partial charge in [0, 0.05) is 22.9 Å². The maximum atomic E-state index is 12.9. The molecule has 1 heterocycles. The normalized spacial score (nSPS) is 12.2. The van der Waals surface area contributed by atoms with Crippen LogP contribution in [0, 0.1) is 7.14 Å². The highest BCUT2D eigenvalue weighted by atomic mass is 127. The number of hydrogen-bond donors (Lipinski definition) is 1. The van der Waals surface area contributed by atoms with Gasteiger partial charge in [0.05, 0.1) is 5.56 Å². The Morgan fingerprint density at radius 1 is 1.16 bits per heavy atom. The third kappa shape index (κ3) is 4.98. The van der Waals surface area contributed by atoms with Crippen molar-refractivity contribution < 1.29 is 9.21 Å². The summed E-state index contributed by atoms with van der Waals surface area (Å²) in [6.45, 7) is 4.39. The summed E-state index contributed by atoms with van der Waals surface area (Å²) in [5, 5.41) is 2.98. The highest BCUT2D eigenvalue weighted by molar-refractivity contribution is 14.1. The number of aromatic nitrogens is 1. The highest BCUT2D eigenvalue weighted by Crippen LogP contribution is 2.30. The number of oxazole rings is 1. The van der Waals surface area contributed by atoms with Gasteiger partial charge in [-0.15, -0.1) is 0 Å². The largest absolute Gasteiger partial charge is 0.436 e. The van der Waals surface area contributed by atoms with Crippen LogP contribution in [0.15, 0.2) is 63.5 Å². The molecule has 0 aliphatic rings. The van der Waals surface area contributed by atoms with Crippen molar-refractivity contribution in [3.63, 3.8) is 0 Å². The summed E-state index contributed by atoms with van der Waals surface area (Å²) >= 11 is 7.95. The molecule has 1 N–H and O–H groups in total. The first kappa shape index (κ1) is 22.7. The van der Waals surface area contributed by atoms with Crippen molar-refractivity contribution in [3.8, 4) is 11.5 Å². The predicted octanol–water partition coefficient (Wildman–Crippen LogP) is 8.23. The second-order valence-corrected chi connectivity index (χ2v) is 10.5. The molecule has 0 aliphatic heterocycles. The highest BCUT2D eigenvalue weighted by Gasteiger charge is 2.15. The molecular formula is C24H19BrI2N2O2. The van der Waals surface area contributed by atoms with Gasteiger partial charge in [-0.3, -0.25) is 4.79 Å². The summed E-state index contributed by atoms with van der Waals surface area (Å²) in [7, 11) is 0. The molecular weight excluding hydrogens is 682 g/mol. The van der Waals surface area contributed by atoms with E-state index in [-0.39, 0.29) is 5.91 Å². The van der Waals surface area contributed by atoms with Gasteiger partial charge in [0.15, 0.2) is 5.58 Å². The number of benzene rings is 3. The summed E-state index contributed by atoms with van der Waals surface area (Å²) in [5.74, 6) is 0.847. The number of fused-ring (bicyclic) bond motifs is 1. The van der Waals surface area contributed by atoms with Crippen molar-refractivity contribution in [1.82, 2.24) is 4.98 Å². The maximum absolute atomic E-state index is 12.9. The number of nitrogens with zero attached hydrogens (tertiary/aromatic N) is 1.